The van der Waals surface area contributed by atoms with Gasteiger partial charge in [0.1, 0.15) is 12.6 Å². The monoisotopic (exact) mass is 340 g/mol. The predicted molar refractivity (Wildman–Crippen MR) is 104 cm³/mol. The maximum absolute atomic E-state index is 10.8. The van der Waals surface area contributed by atoms with Gasteiger partial charge in [-0.25, -0.2) is 0 Å². The van der Waals surface area contributed by atoms with E-state index in [4.69, 9.17) is 0 Å². The fourth-order valence-corrected chi connectivity index (χ4v) is 4.02. The number of carbonyl (C=O) groups is 2. The van der Waals surface area contributed by atoms with Crippen LogP contribution in [0.4, 0.5) is 0 Å². The van der Waals surface area contributed by atoms with Crippen molar-refractivity contribution in [1.29, 1.82) is 0 Å². The lowest BCUT2D eigenvalue weighted by Gasteiger charge is -2.39. The highest BCUT2D eigenvalue weighted by Crippen LogP contribution is 2.47. The first-order valence-corrected chi connectivity index (χ1v) is 9.59. The summed E-state index contributed by atoms with van der Waals surface area (Å²) in [7, 11) is 0. The molecule has 1 atom stereocenters. The molecule has 1 aromatic carbocycles. The second-order valence-electron chi connectivity index (χ2n) is 8.40. The van der Waals surface area contributed by atoms with Gasteiger partial charge in [-0.3, -0.25) is 4.79 Å². The second kappa shape index (κ2) is 8.60. The molecule has 2 aliphatic carbocycles. The Morgan fingerprint density at radius 2 is 1.76 bits per heavy atom. The summed E-state index contributed by atoms with van der Waals surface area (Å²) in [4.78, 5) is 21.1. The minimum atomic E-state index is 0.311. The van der Waals surface area contributed by atoms with Gasteiger partial charge in [0.2, 0.25) is 0 Å². The van der Waals surface area contributed by atoms with E-state index in [0.29, 0.717) is 17.3 Å². The summed E-state index contributed by atoms with van der Waals surface area (Å²) < 4.78 is 0. The molecular weight excluding hydrogens is 308 g/mol. The molecule has 136 valence electrons. The molecular formula is C23H32O2. The SMILES string of the molecule is CC(C)c1ccc(C=O)cc1.CC1(C)CCCC2=C1CC(C=O)CC2. The van der Waals surface area contributed by atoms with Crippen molar-refractivity contribution in [2.24, 2.45) is 11.3 Å². The van der Waals surface area contributed by atoms with Gasteiger partial charge in [0, 0.05) is 11.5 Å². The van der Waals surface area contributed by atoms with E-state index >= 15 is 0 Å². The Kier molecular flexibility index (Phi) is 6.75. The van der Waals surface area contributed by atoms with Gasteiger partial charge in [0.25, 0.3) is 0 Å². The molecule has 2 heteroatoms. The van der Waals surface area contributed by atoms with E-state index in [1.807, 2.05) is 24.3 Å². The van der Waals surface area contributed by atoms with Gasteiger partial charge in [0.05, 0.1) is 0 Å². The highest BCUT2D eigenvalue weighted by atomic mass is 16.1. The Morgan fingerprint density at radius 3 is 2.32 bits per heavy atom. The van der Waals surface area contributed by atoms with Gasteiger partial charge < -0.3 is 4.79 Å². The van der Waals surface area contributed by atoms with Crippen molar-refractivity contribution in [3.8, 4) is 0 Å². The maximum Gasteiger partial charge on any atom is 0.150 e. The molecule has 0 heterocycles. The lowest BCUT2D eigenvalue weighted by atomic mass is 9.66. The summed E-state index contributed by atoms with van der Waals surface area (Å²) >= 11 is 0. The molecule has 2 aliphatic rings. The largest absolute Gasteiger partial charge is 0.303 e. The topological polar surface area (TPSA) is 34.1 Å². The number of hydrogen-bond donors (Lipinski definition) is 0. The van der Waals surface area contributed by atoms with Crippen LogP contribution < -0.4 is 0 Å². The smallest absolute Gasteiger partial charge is 0.150 e. The Labute approximate surface area is 152 Å². The third-order valence-electron chi connectivity index (χ3n) is 5.74. The molecule has 0 aromatic heterocycles. The molecule has 0 fully saturated rings. The molecule has 0 radical (unpaired) electrons. The number of benzene rings is 1. The van der Waals surface area contributed by atoms with Crippen molar-refractivity contribution in [3.63, 3.8) is 0 Å². The lowest BCUT2D eigenvalue weighted by molar-refractivity contribution is -0.111. The summed E-state index contributed by atoms with van der Waals surface area (Å²) in [6.45, 7) is 8.95. The van der Waals surface area contributed by atoms with Crippen molar-refractivity contribution in [1.82, 2.24) is 0 Å². The first-order valence-electron chi connectivity index (χ1n) is 9.59. The third kappa shape index (κ3) is 5.14. The van der Waals surface area contributed by atoms with Crippen molar-refractivity contribution in [2.75, 3.05) is 0 Å². The minimum absolute atomic E-state index is 0.311. The number of rotatable bonds is 3. The summed E-state index contributed by atoms with van der Waals surface area (Å²) in [5, 5.41) is 0. The Bertz CT molecular complexity index is 620. The molecule has 0 N–H and O–H groups in total. The molecule has 25 heavy (non-hydrogen) atoms. The fraction of sp³-hybridized carbons (Fsp3) is 0.565. The van der Waals surface area contributed by atoms with Crippen LogP contribution in [0.1, 0.15) is 88.1 Å². The van der Waals surface area contributed by atoms with Crippen LogP contribution in [0.15, 0.2) is 35.4 Å². The summed E-state index contributed by atoms with van der Waals surface area (Å²) in [5.74, 6) is 0.849. The van der Waals surface area contributed by atoms with Gasteiger partial charge in [-0.1, -0.05) is 63.1 Å². The number of carbonyl (C=O) groups excluding carboxylic acids is 2. The zero-order chi connectivity index (χ0) is 18.4. The summed E-state index contributed by atoms with van der Waals surface area (Å²) in [6, 6.07) is 7.69. The molecule has 0 saturated heterocycles. The third-order valence-corrected chi connectivity index (χ3v) is 5.74. The van der Waals surface area contributed by atoms with Crippen LogP contribution in [0.25, 0.3) is 0 Å². The van der Waals surface area contributed by atoms with Gasteiger partial charge in [0.15, 0.2) is 0 Å². The van der Waals surface area contributed by atoms with Crippen LogP contribution in [0.3, 0.4) is 0 Å². The van der Waals surface area contributed by atoms with E-state index in [-0.39, 0.29) is 0 Å². The number of aldehydes is 2. The highest BCUT2D eigenvalue weighted by Gasteiger charge is 2.33. The molecule has 0 amide bonds. The van der Waals surface area contributed by atoms with Crippen LogP contribution >= 0.6 is 0 Å². The summed E-state index contributed by atoms with van der Waals surface area (Å²) in [5.41, 5.74) is 5.69. The van der Waals surface area contributed by atoms with Gasteiger partial charge in [-0.2, -0.15) is 0 Å². The van der Waals surface area contributed by atoms with Crippen LogP contribution in [-0.2, 0) is 4.79 Å². The molecule has 0 spiro atoms. The molecule has 0 bridgehead atoms. The average Bonchev–Trinajstić information content (AvgIpc) is 2.62. The normalized spacial score (nSPS) is 21.9. The fourth-order valence-electron chi connectivity index (χ4n) is 4.02. The standard InChI is InChI=1S/C13H20O.C10H12O/c1-13(2)7-3-4-11-6-5-10(9-14)8-12(11)13;1-8(2)10-5-3-9(7-11)4-6-10/h9-10H,3-8H2,1-2H3;3-8H,1-2H3. The maximum atomic E-state index is 10.8. The minimum Gasteiger partial charge on any atom is -0.303 e. The predicted octanol–water partition coefficient (Wildman–Crippen LogP) is 6.11. The molecule has 3 rings (SSSR count). The average molecular weight is 341 g/mol. The van der Waals surface area contributed by atoms with E-state index in [9.17, 15) is 9.59 Å². The molecule has 0 saturated carbocycles. The number of allylic oxidation sites excluding steroid dienone is 2. The van der Waals surface area contributed by atoms with Crippen LogP contribution in [0.5, 0.6) is 0 Å². The molecule has 2 nitrogen and oxygen atoms in total. The van der Waals surface area contributed by atoms with E-state index in [2.05, 4.69) is 27.7 Å². The van der Waals surface area contributed by atoms with E-state index in [0.717, 1.165) is 31.0 Å². The van der Waals surface area contributed by atoms with Crippen LogP contribution in [0.2, 0.25) is 0 Å². The van der Waals surface area contributed by atoms with Crippen molar-refractivity contribution in [2.45, 2.75) is 72.1 Å². The van der Waals surface area contributed by atoms with Crippen molar-refractivity contribution in [3.05, 3.63) is 46.5 Å². The molecule has 0 aliphatic heterocycles. The quantitative estimate of drug-likeness (QED) is 0.491. The van der Waals surface area contributed by atoms with E-state index < -0.39 is 0 Å². The highest BCUT2D eigenvalue weighted by molar-refractivity contribution is 5.74. The Hall–Kier alpha value is -1.70. The Morgan fingerprint density at radius 1 is 1.08 bits per heavy atom. The van der Waals surface area contributed by atoms with Gasteiger partial charge in [-0.15, -0.1) is 0 Å². The van der Waals surface area contributed by atoms with E-state index in [1.54, 1.807) is 11.1 Å². The second-order valence-corrected chi connectivity index (χ2v) is 8.40. The van der Waals surface area contributed by atoms with Gasteiger partial charge in [-0.05, 0) is 55.4 Å². The van der Waals surface area contributed by atoms with Gasteiger partial charge >= 0.3 is 0 Å². The number of hydrogen-bond acceptors (Lipinski definition) is 2. The molecule has 1 aromatic rings. The van der Waals surface area contributed by atoms with Crippen LogP contribution in [0, 0.1) is 11.3 Å². The lowest BCUT2D eigenvalue weighted by Crippen LogP contribution is -2.26. The van der Waals surface area contributed by atoms with Crippen molar-refractivity contribution < 1.29 is 9.59 Å². The first kappa shape index (κ1) is 19.6. The Balaban J connectivity index is 0.000000186. The summed E-state index contributed by atoms with van der Waals surface area (Å²) in [6.07, 6.45) is 9.30. The zero-order valence-electron chi connectivity index (χ0n) is 16.2. The van der Waals surface area contributed by atoms with Crippen LogP contribution in [-0.4, -0.2) is 12.6 Å². The van der Waals surface area contributed by atoms with E-state index in [1.165, 1.54) is 31.2 Å². The molecule has 1 unspecified atom stereocenters. The zero-order valence-corrected chi connectivity index (χ0v) is 16.2. The van der Waals surface area contributed by atoms with Crippen molar-refractivity contribution >= 4 is 12.6 Å². The first-order chi connectivity index (χ1) is 11.9.